The zero-order valence-corrected chi connectivity index (χ0v) is 21.2. The highest BCUT2D eigenvalue weighted by atomic mass is 35.5. The minimum Gasteiger partial charge on any atom is -0.392 e. The first-order valence-corrected chi connectivity index (χ1v) is 12.9. The van der Waals surface area contributed by atoms with E-state index in [1.807, 2.05) is 47.4 Å². The number of likely N-dealkylation sites (tertiary alicyclic amines) is 1. The van der Waals surface area contributed by atoms with Gasteiger partial charge in [0.05, 0.1) is 25.4 Å². The van der Waals surface area contributed by atoms with E-state index in [1.165, 1.54) is 11.1 Å². The van der Waals surface area contributed by atoms with Gasteiger partial charge >= 0.3 is 0 Å². The number of amides is 2. The van der Waals surface area contributed by atoms with Crippen molar-refractivity contribution in [2.24, 2.45) is 0 Å². The van der Waals surface area contributed by atoms with Gasteiger partial charge in [0, 0.05) is 29.4 Å². The van der Waals surface area contributed by atoms with Gasteiger partial charge in [0.15, 0.2) is 0 Å². The second-order valence-electron chi connectivity index (χ2n) is 9.49. The van der Waals surface area contributed by atoms with Crippen molar-refractivity contribution >= 4 is 29.1 Å². The molecule has 0 aliphatic carbocycles. The van der Waals surface area contributed by atoms with E-state index in [0.29, 0.717) is 36.0 Å². The number of hydrogen-bond acceptors (Lipinski definition) is 5. The second-order valence-corrected chi connectivity index (χ2v) is 9.93. The number of nitrogens with zero attached hydrogens (tertiary/aromatic N) is 1. The lowest BCUT2D eigenvalue weighted by atomic mass is 9.84. The summed E-state index contributed by atoms with van der Waals surface area (Å²) in [6.07, 6.45) is 1.50. The molecule has 0 bridgehead atoms. The largest absolute Gasteiger partial charge is 0.392 e. The molecule has 1 saturated heterocycles. The molecular weight excluding hydrogens is 490 g/mol. The lowest BCUT2D eigenvalue weighted by Crippen LogP contribution is -2.48. The first-order valence-electron chi connectivity index (χ1n) is 12.5. The number of aliphatic hydroxyl groups is 1. The topological polar surface area (TPSA) is 90.9 Å². The van der Waals surface area contributed by atoms with E-state index in [0.717, 1.165) is 18.4 Å². The molecule has 2 aliphatic heterocycles. The summed E-state index contributed by atoms with van der Waals surface area (Å²) in [5.41, 5.74) is 3.89. The van der Waals surface area contributed by atoms with Crippen molar-refractivity contribution in [1.29, 1.82) is 0 Å². The molecule has 1 atom stereocenters. The molecule has 1 fully saturated rings. The maximum absolute atomic E-state index is 13.3. The Hall–Kier alpha value is -3.23. The molecule has 3 aromatic rings. The van der Waals surface area contributed by atoms with Gasteiger partial charge in [-0.1, -0.05) is 66.2 Å². The third kappa shape index (κ3) is 5.40. The van der Waals surface area contributed by atoms with E-state index >= 15 is 0 Å². The van der Waals surface area contributed by atoms with E-state index in [-0.39, 0.29) is 30.6 Å². The third-order valence-electron chi connectivity index (χ3n) is 7.28. The molecule has 3 aromatic carbocycles. The van der Waals surface area contributed by atoms with Crippen LogP contribution < -0.4 is 10.6 Å². The van der Waals surface area contributed by atoms with Crippen LogP contribution in [-0.4, -0.2) is 41.5 Å². The van der Waals surface area contributed by atoms with Crippen LogP contribution in [0.15, 0.2) is 72.8 Å². The van der Waals surface area contributed by atoms with Gasteiger partial charge in [0.1, 0.15) is 6.04 Å². The summed E-state index contributed by atoms with van der Waals surface area (Å²) >= 11 is 6.03. The Balaban J connectivity index is 1.24. The average Bonchev–Trinajstić information content (AvgIpc) is 3.28. The second kappa shape index (κ2) is 11.0. The van der Waals surface area contributed by atoms with Gasteiger partial charge in [-0.05, 0) is 47.7 Å². The van der Waals surface area contributed by atoms with Gasteiger partial charge in [-0.15, -0.1) is 0 Å². The predicted octanol–water partition coefficient (Wildman–Crippen LogP) is 4.15. The van der Waals surface area contributed by atoms with Gasteiger partial charge in [-0.25, -0.2) is 0 Å². The molecule has 7 nitrogen and oxygen atoms in total. The first-order chi connectivity index (χ1) is 18.0. The molecule has 2 amide bonds. The van der Waals surface area contributed by atoms with Crippen molar-refractivity contribution in [1.82, 2.24) is 10.2 Å². The Morgan fingerprint density at radius 3 is 2.51 bits per heavy atom. The lowest BCUT2D eigenvalue weighted by molar-refractivity contribution is -0.137. The van der Waals surface area contributed by atoms with Crippen LogP contribution in [0.4, 0.5) is 5.69 Å². The summed E-state index contributed by atoms with van der Waals surface area (Å²) < 4.78 is 6.22. The van der Waals surface area contributed by atoms with Crippen LogP contribution in [0, 0.1) is 0 Å². The van der Waals surface area contributed by atoms with Crippen LogP contribution in [0.25, 0.3) is 0 Å². The molecule has 8 heteroatoms. The molecule has 0 radical (unpaired) electrons. The maximum Gasteiger partial charge on any atom is 0.246 e. The number of aliphatic hydroxyl groups excluding tert-OH is 1. The Kier molecular flexibility index (Phi) is 7.58. The van der Waals surface area contributed by atoms with E-state index in [2.05, 4.69) is 22.8 Å². The molecule has 0 unspecified atom stereocenters. The molecular formula is C29H30ClN3O4. The molecule has 3 N–H and O–H groups in total. The molecule has 2 aliphatic rings. The number of anilines is 1. The van der Waals surface area contributed by atoms with Crippen LogP contribution in [0.5, 0.6) is 0 Å². The standard InChI is InChI=1S/C29H30ClN3O4/c30-23-10-11-25(22(16-23)18-34)32-28(36)27(20-6-2-1-3-7-20)31-17-26(35)33-14-12-29(13-15-33)24-9-5-4-8-21(24)19-37-29/h1-11,16,27,31,34H,12-15,17-19H2,(H,32,36)/t27-/m0/s1. The van der Waals surface area contributed by atoms with Crippen LogP contribution in [-0.2, 0) is 33.1 Å². The molecule has 1 spiro atoms. The number of rotatable bonds is 7. The van der Waals surface area contributed by atoms with Crippen LogP contribution >= 0.6 is 11.6 Å². The normalized spacial score (nSPS) is 16.9. The zero-order chi connectivity index (χ0) is 25.8. The van der Waals surface area contributed by atoms with E-state index in [4.69, 9.17) is 16.3 Å². The fourth-order valence-corrected chi connectivity index (χ4v) is 5.44. The highest BCUT2D eigenvalue weighted by Gasteiger charge is 2.43. The number of carbonyl (C=O) groups excluding carboxylic acids is 2. The number of fused-ring (bicyclic) bond motifs is 2. The van der Waals surface area contributed by atoms with Gasteiger partial charge in [0.25, 0.3) is 0 Å². The van der Waals surface area contributed by atoms with Crippen molar-refractivity contribution in [2.45, 2.75) is 37.7 Å². The highest BCUT2D eigenvalue weighted by molar-refractivity contribution is 6.30. The van der Waals surface area contributed by atoms with Crippen molar-refractivity contribution in [3.05, 3.63) is 100 Å². The number of benzene rings is 3. The minimum atomic E-state index is -0.756. The van der Waals surface area contributed by atoms with Gasteiger partial charge in [0.2, 0.25) is 11.8 Å². The van der Waals surface area contributed by atoms with Crippen LogP contribution in [0.3, 0.4) is 0 Å². The van der Waals surface area contributed by atoms with Crippen LogP contribution in [0.1, 0.15) is 41.1 Å². The van der Waals surface area contributed by atoms with E-state index in [1.54, 1.807) is 18.2 Å². The fraction of sp³-hybridized carbons (Fsp3) is 0.310. The Morgan fingerprint density at radius 2 is 1.76 bits per heavy atom. The third-order valence-corrected chi connectivity index (χ3v) is 7.52. The van der Waals surface area contributed by atoms with E-state index < -0.39 is 6.04 Å². The minimum absolute atomic E-state index is 0.0188. The maximum atomic E-state index is 13.3. The number of carbonyl (C=O) groups is 2. The summed E-state index contributed by atoms with van der Waals surface area (Å²) in [5.74, 6) is -0.387. The lowest BCUT2D eigenvalue weighted by Gasteiger charge is -2.39. The number of hydrogen-bond donors (Lipinski definition) is 3. The van der Waals surface area contributed by atoms with Crippen molar-refractivity contribution in [3.8, 4) is 0 Å². The fourth-order valence-electron chi connectivity index (χ4n) is 5.24. The molecule has 5 rings (SSSR count). The van der Waals surface area contributed by atoms with Gasteiger partial charge in [-0.2, -0.15) is 0 Å². The monoisotopic (exact) mass is 519 g/mol. The zero-order valence-electron chi connectivity index (χ0n) is 20.5. The van der Waals surface area contributed by atoms with Gasteiger partial charge in [-0.3, -0.25) is 14.9 Å². The summed E-state index contributed by atoms with van der Waals surface area (Å²) in [5, 5.41) is 16.2. The Labute approximate surface area is 221 Å². The molecule has 0 saturated carbocycles. The number of halogens is 1. The summed E-state index contributed by atoms with van der Waals surface area (Å²) in [4.78, 5) is 28.3. The number of nitrogens with one attached hydrogen (secondary N) is 2. The molecule has 2 heterocycles. The smallest absolute Gasteiger partial charge is 0.246 e. The van der Waals surface area contributed by atoms with Crippen molar-refractivity contribution in [3.63, 3.8) is 0 Å². The van der Waals surface area contributed by atoms with Gasteiger partial charge < -0.3 is 20.1 Å². The quantitative estimate of drug-likeness (QED) is 0.436. The molecule has 192 valence electrons. The molecule has 37 heavy (non-hydrogen) atoms. The van der Waals surface area contributed by atoms with Crippen molar-refractivity contribution < 1.29 is 19.4 Å². The summed E-state index contributed by atoms with van der Waals surface area (Å²) in [6, 6.07) is 21.7. The molecule has 0 aromatic heterocycles. The van der Waals surface area contributed by atoms with E-state index in [9.17, 15) is 14.7 Å². The van der Waals surface area contributed by atoms with Crippen LogP contribution in [0.2, 0.25) is 5.02 Å². The highest BCUT2D eigenvalue weighted by Crippen LogP contribution is 2.43. The Morgan fingerprint density at radius 1 is 1.03 bits per heavy atom. The SMILES string of the molecule is O=C(Nc1ccc(Cl)cc1CO)[C@@H](NCC(=O)N1CCC2(CC1)OCc1ccccc12)c1ccccc1. The first kappa shape index (κ1) is 25.4. The summed E-state index contributed by atoms with van der Waals surface area (Å²) in [6.45, 7) is 1.57. The summed E-state index contributed by atoms with van der Waals surface area (Å²) in [7, 11) is 0. The van der Waals surface area contributed by atoms with Crippen molar-refractivity contribution in [2.75, 3.05) is 25.0 Å². The average molecular weight is 520 g/mol. The number of piperidine rings is 1. The predicted molar refractivity (Wildman–Crippen MR) is 142 cm³/mol. The Bertz CT molecular complexity index is 1280. The number of ether oxygens (including phenoxy) is 1.